The number of rotatable bonds is 1. The molecule has 3 nitrogen and oxygen atoms in total. The molecule has 0 spiro atoms. The summed E-state index contributed by atoms with van der Waals surface area (Å²) in [7, 11) is 3.77. The fourth-order valence-electron chi connectivity index (χ4n) is 1.55. The molecular weight excluding hydrogens is 212 g/mol. The Kier molecular flexibility index (Phi) is 2.40. The van der Waals surface area contributed by atoms with Crippen LogP contribution in [0.5, 0.6) is 0 Å². The highest BCUT2D eigenvalue weighted by atomic mass is 35.5. The number of nitrogens with zero attached hydrogens (tertiary/aromatic N) is 1. The van der Waals surface area contributed by atoms with Crippen LogP contribution in [0.1, 0.15) is 5.56 Å². The summed E-state index contributed by atoms with van der Waals surface area (Å²) in [5.41, 5.74) is 2.35. The number of halogens is 1. The van der Waals surface area contributed by atoms with E-state index in [1.54, 1.807) is 18.3 Å². The van der Waals surface area contributed by atoms with Crippen molar-refractivity contribution in [1.82, 2.24) is 4.90 Å². The van der Waals surface area contributed by atoms with Crippen molar-refractivity contribution in [3.05, 3.63) is 35.0 Å². The van der Waals surface area contributed by atoms with E-state index in [4.69, 9.17) is 11.6 Å². The quantitative estimate of drug-likeness (QED) is 0.739. The number of amides is 1. The lowest BCUT2D eigenvalue weighted by atomic mass is 10.1. The second-order valence-electron chi connectivity index (χ2n) is 3.65. The Morgan fingerprint density at radius 3 is 2.80 bits per heavy atom. The van der Waals surface area contributed by atoms with E-state index >= 15 is 0 Å². The van der Waals surface area contributed by atoms with Gasteiger partial charge in [-0.05, 0) is 12.1 Å². The molecule has 0 saturated carbocycles. The van der Waals surface area contributed by atoms with E-state index in [1.807, 2.05) is 25.1 Å². The summed E-state index contributed by atoms with van der Waals surface area (Å²) in [5.74, 6) is -0.0824. The number of carbonyl (C=O) groups excluding carboxylic acids is 1. The van der Waals surface area contributed by atoms with Gasteiger partial charge in [0.2, 0.25) is 0 Å². The van der Waals surface area contributed by atoms with Crippen molar-refractivity contribution in [2.24, 2.45) is 0 Å². The van der Waals surface area contributed by atoms with Crippen molar-refractivity contribution < 1.29 is 4.79 Å². The zero-order valence-electron chi connectivity index (χ0n) is 8.54. The number of benzene rings is 1. The second-order valence-corrected chi connectivity index (χ2v) is 4.09. The van der Waals surface area contributed by atoms with Crippen molar-refractivity contribution >= 4 is 28.8 Å². The van der Waals surface area contributed by atoms with Crippen molar-refractivity contribution in [3.63, 3.8) is 0 Å². The maximum Gasteiger partial charge on any atom is 0.257 e. The molecule has 0 bridgehead atoms. The molecule has 0 aromatic heterocycles. The summed E-state index contributed by atoms with van der Waals surface area (Å²) in [5, 5.41) is 3.40. The average Bonchev–Trinajstić information content (AvgIpc) is 2.41. The number of carbonyl (C=O) groups is 1. The molecule has 0 aliphatic carbocycles. The second kappa shape index (κ2) is 3.59. The first kappa shape index (κ1) is 10.1. The Bertz CT molecular complexity index is 452. The first-order chi connectivity index (χ1) is 7.08. The van der Waals surface area contributed by atoms with Gasteiger partial charge in [-0.1, -0.05) is 17.7 Å². The van der Waals surface area contributed by atoms with Crippen molar-refractivity contribution in [1.29, 1.82) is 0 Å². The SMILES string of the molecule is CN(C)/C=C1\C(=O)Nc2cc(Cl)ccc21. The van der Waals surface area contributed by atoms with Gasteiger partial charge in [0.1, 0.15) is 0 Å². The average molecular weight is 223 g/mol. The minimum Gasteiger partial charge on any atom is -0.383 e. The predicted molar refractivity (Wildman–Crippen MR) is 61.7 cm³/mol. The lowest BCUT2D eigenvalue weighted by molar-refractivity contribution is -0.110. The van der Waals surface area contributed by atoms with Gasteiger partial charge in [0, 0.05) is 30.9 Å². The first-order valence-electron chi connectivity index (χ1n) is 4.57. The molecular formula is C11H11ClN2O. The summed E-state index contributed by atoms with van der Waals surface area (Å²) in [6.07, 6.45) is 1.80. The van der Waals surface area contributed by atoms with Gasteiger partial charge in [0.25, 0.3) is 5.91 Å². The third kappa shape index (κ3) is 1.83. The van der Waals surface area contributed by atoms with Gasteiger partial charge < -0.3 is 10.2 Å². The largest absolute Gasteiger partial charge is 0.383 e. The van der Waals surface area contributed by atoms with E-state index in [0.29, 0.717) is 10.6 Å². The molecule has 4 heteroatoms. The summed E-state index contributed by atoms with van der Waals surface area (Å²) < 4.78 is 0. The van der Waals surface area contributed by atoms with Gasteiger partial charge in [-0.3, -0.25) is 4.79 Å². The summed E-state index contributed by atoms with van der Waals surface area (Å²) in [6.45, 7) is 0. The van der Waals surface area contributed by atoms with E-state index in [1.165, 1.54) is 0 Å². The Balaban J connectivity index is 2.51. The van der Waals surface area contributed by atoms with Crippen molar-refractivity contribution in [2.75, 3.05) is 19.4 Å². The van der Waals surface area contributed by atoms with Crippen molar-refractivity contribution in [3.8, 4) is 0 Å². The van der Waals surface area contributed by atoms with Crippen LogP contribution in [0, 0.1) is 0 Å². The Hall–Kier alpha value is -1.48. The van der Waals surface area contributed by atoms with E-state index in [-0.39, 0.29) is 5.91 Å². The Morgan fingerprint density at radius 2 is 2.13 bits per heavy atom. The van der Waals surface area contributed by atoms with Crippen LogP contribution in [-0.2, 0) is 4.79 Å². The van der Waals surface area contributed by atoms with Crippen LogP contribution in [0.2, 0.25) is 5.02 Å². The van der Waals surface area contributed by atoms with Gasteiger partial charge in [0.15, 0.2) is 0 Å². The lowest BCUT2D eigenvalue weighted by Crippen LogP contribution is -2.08. The monoisotopic (exact) mass is 222 g/mol. The maximum atomic E-state index is 11.6. The highest BCUT2D eigenvalue weighted by Crippen LogP contribution is 2.33. The van der Waals surface area contributed by atoms with Crippen LogP contribution in [0.25, 0.3) is 5.57 Å². The number of fused-ring (bicyclic) bond motifs is 1. The molecule has 0 unspecified atom stereocenters. The topological polar surface area (TPSA) is 32.3 Å². The van der Waals surface area contributed by atoms with Crippen molar-refractivity contribution in [2.45, 2.75) is 0 Å². The fraction of sp³-hybridized carbons (Fsp3) is 0.182. The highest BCUT2D eigenvalue weighted by molar-refractivity contribution is 6.34. The smallest absolute Gasteiger partial charge is 0.257 e. The number of nitrogens with one attached hydrogen (secondary N) is 1. The number of anilines is 1. The van der Waals surface area contributed by atoms with E-state index in [9.17, 15) is 4.79 Å². The maximum absolute atomic E-state index is 11.6. The molecule has 1 heterocycles. The highest BCUT2D eigenvalue weighted by Gasteiger charge is 2.24. The molecule has 1 aliphatic heterocycles. The van der Waals surface area contributed by atoms with Crippen LogP contribution >= 0.6 is 11.6 Å². The van der Waals surface area contributed by atoms with Crippen LogP contribution in [0.15, 0.2) is 24.4 Å². The van der Waals surface area contributed by atoms with Gasteiger partial charge in [0.05, 0.1) is 11.3 Å². The molecule has 0 radical (unpaired) electrons. The van der Waals surface area contributed by atoms with Crippen LogP contribution in [0.3, 0.4) is 0 Å². The lowest BCUT2D eigenvalue weighted by Gasteiger charge is -2.05. The number of hydrogen-bond donors (Lipinski definition) is 1. The summed E-state index contributed by atoms with van der Waals surface area (Å²) in [6, 6.07) is 5.39. The molecule has 1 N–H and O–H groups in total. The van der Waals surface area contributed by atoms with Gasteiger partial charge in [-0.25, -0.2) is 0 Å². The third-order valence-electron chi connectivity index (χ3n) is 2.15. The zero-order valence-corrected chi connectivity index (χ0v) is 9.30. The van der Waals surface area contributed by atoms with E-state index in [2.05, 4.69) is 5.32 Å². The molecule has 15 heavy (non-hydrogen) atoms. The first-order valence-corrected chi connectivity index (χ1v) is 4.95. The van der Waals surface area contributed by atoms with Gasteiger partial charge in [-0.15, -0.1) is 0 Å². The molecule has 1 amide bonds. The van der Waals surface area contributed by atoms with E-state index < -0.39 is 0 Å². The van der Waals surface area contributed by atoms with Crippen LogP contribution in [-0.4, -0.2) is 24.9 Å². The molecule has 1 aromatic rings. The molecule has 0 atom stereocenters. The van der Waals surface area contributed by atoms with E-state index in [0.717, 1.165) is 11.3 Å². The molecule has 78 valence electrons. The molecule has 0 fully saturated rings. The minimum absolute atomic E-state index is 0.0824. The molecule has 1 aliphatic rings. The predicted octanol–water partition coefficient (Wildman–Crippen LogP) is 2.19. The standard InChI is InChI=1S/C11H11ClN2O/c1-14(2)6-9-8-4-3-7(12)5-10(8)13-11(9)15/h3-6H,1-2H3,(H,13,15)/b9-6-. The van der Waals surface area contributed by atoms with Crippen LogP contribution < -0.4 is 5.32 Å². The Labute approximate surface area is 93.3 Å². The van der Waals surface area contributed by atoms with Gasteiger partial charge in [-0.2, -0.15) is 0 Å². The third-order valence-corrected chi connectivity index (χ3v) is 2.39. The molecule has 1 aromatic carbocycles. The molecule has 0 saturated heterocycles. The number of hydrogen-bond acceptors (Lipinski definition) is 2. The fourth-order valence-corrected chi connectivity index (χ4v) is 1.73. The summed E-state index contributed by atoms with van der Waals surface area (Å²) in [4.78, 5) is 13.5. The van der Waals surface area contributed by atoms with Gasteiger partial charge >= 0.3 is 0 Å². The minimum atomic E-state index is -0.0824. The zero-order chi connectivity index (χ0) is 11.0. The normalized spacial score (nSPS) is 16.5. The van der Waals surface area contributed by atoms with Crippen LogP contribution in [0.4, 0.5) is 5.69 Å². The summed E-state index contributed by atoms with van der Waals surface area (Å²) >= 11 is 5.84. The Morgan fingerprint density at radius 1 is 1.40 bits per heavy atom. The molecule has 2 rings (SSSR count).